The number of halogens is 2. The molecule has 5 nitrogen and oxygen atoms in total. The van der Waals surface area contributed by atoms with E-state index in [1.807, 2.05) is 30.3 Å². The highest BCUT2D eigenvalue weighted by Gasteiger charge is 2.25. The third-order valence-electron chi connectivity index (χ3n) is 6.01. The molecule has 0 N–H and O–H groups in total. The molecule has 0 aliphatic carbocycles. The molecule has 0 unspecified atom stereocenters. The molecule has 1 aliphatic rings. The summed E-state index contributed by atoms with van der Waals surface area (Å²) in [4.78, 5) is 30.6. The first kappa shape index (κ1) is 20.9. The van der Waals surface area contributed by atoms with Gasteiger partial charge >= 0.3 is 0 Å². The normalized spacial score (nSPS) is 14.0. The Morgan fingerprint density at radius 2 is 1.45 bits per heavy atom. The first-order valence-electron chi connectivity index (χ1n) is 10.7. The van der Waals surface area contributed by atoms with E-state index in [1.165, 1.54) is 12.3 Å². The zero-order valence-electron chi connectivity index (χ0n) is 17.7. The number of fused-ring (bicyclic) bond motifs is 1. The predicted molar refractivity (Wildman–Crippen MR) is 124 cm³/mol. The zero-order chi connectivity index (χ0) is 22.9. The summed E-state index contributed by atoms with van der Waals surface area (Å²) in [6, 6.07) is 19.8. The van der Waals surface area contributed by atoms with Crippen molar-refractivity contribution in [1.29, 1.82) is 0 Å². The number of piperazine rings is 1. The van der Waals surface area contributed by atoms with Gasteiger partial charge in [0.25, 0.3) is 11.5 Å². The first-order chi connectivity index (χ1) is 16.0. The van der Waals surface area contributed by atoms with Crippen molar-refractivity contribution in [3.63, 3.8) is 0 Å². The number of amides is 1. The minimum Gasteiger partial charge on any atom is -0.368 e. The summed E-state index contributed by atoms with van der Waals surface area (Å²) in [6.07, 6.45) is 1.37. The van der Waals surface area contributed by atoms with Gasteiger partial charge in [0.15, 0.2) is 0 Å². The monoisotopic (exact) mass is 445 g/mol. The highest BCUT2D eigenvalue weighted by Crippen LogP contribution is 2.22. The lowest BCUT2D eigenvalue weighted by Gasteiger charge is -2.36. The molecule has 1 amide bonds. The third kappa shape index (κ3) is 3.86. The fourth-order valence-electron chi connectivity index (χ4n) is 4.29. The van der Waals surface area contributed by atoms with E-state index in [9.17, 15) is 18.4 Å². The van der Waals surface area contributed by atoms with Gasteiger partial charge in [-0.3, -0.25) is 14.2 Å². The fraction of sp³-hybridized carbons (Fsp3) is 0.154. The maximum atomic E-state index is 14.5. The summed E-state index contributed by atoms with van der Waals surface area (Å²) >= 11 is 0. The van der Waals surface area contributed by atoms with Gasteiger partial charge in [-0.1, -0.05) is 36.4 Å². The predicted octanol–water partition coefficient (Wildman–Crippen LogP) is 4.23. The van der Waals surface area contributed by atoms with Gasteiger partial charge in [-0.2, -0.15) is 0 Å². The minimum absolute atomic E-state index is 0.102. The van der Waals surface area contributed by atoms with E-state index in [4.69, 9.17) is 0 Å². The summed E-state index contributed by atoms with van der Waals surface area (Å²) in [7, 11) is 0. The Labute approximate surface area is 189 Å². The molecule has 5 rings (SSSR count). The van der Waals surface area contributed by atoms with Crippen molar-refractivity contribution < 1.29 is 13.6 Å². The second-order valence-corrected chi connectivity index (χ2v) is 7.97. The van der Waals surface area contributed by atoms with Crippen LogP contribution in [0.25, 0.3) is 16.5 Å². The maximum absolute atomic E-state index is 14.5. The SMILES string of the molecule is O=C(c1cn(-c2ccc(F)cc2F)c(=O)c2ccccc12)N1CCN(c2ccccc2)CC1. The van der Waals surface area contributed by atoms with Crippen LogP contribution >= 0.6 is 0 Å². The number of nitrogens with zero attached hydrogens (tertiary/aromatic N) is 3. The Hall–Kier alpha value is -4.00. The average molecular weight is 445 g/mol. The number of carbonyl (C=O) groups excluding carboxylic acids is 1. The highest BCUT2D eigenvalue weighted by atomic mass is 19.1. The summed E-state index contributed by atoms with van der Waals surface area (Å²) in [5.41, 5.74) is 0.842. The van der Waals surface area contributed by atoms with E-state index in [0.29, 0.717) is 42.5 Å². The lowest BCUT2D eigenvalue weighted by molar-refractivity contribution is 0.0748. The van der Waals surface area contributed by atoms with Crippen LogP contribution in [-0.4, -0.2) is 41.6 Å². The quantitative estimate of drug-likeness (QED) is 0.474. The molecule has 0 atom stereocenters. The van der Waals surface area contributed by atoms with Gasteiger partial charge in [-0.15, -0.1) is 0 Å². The molecule has 1 aromatic heterocycles. The fourth-order valence-corrected chi connectivity index (χ4v) is 4.29. The van der Waals surface area contributed by atoms with E-state index >= 15 is 0 Å². The van der Waals surface area contributed by atoms with Crippen molar-refractivity contribution in [3.05, 3.63) is 107 Å². The number of pyridine rings is 1. The molecule has 0 bridgehead atoms. The largest absolute Gasteiger partial charge is 0.368 e. The number of hydrogen-bond acceptors (Lipinski definition) is 3. The molecule has 1 aliphatic heterocycles. The number of anilines is 1. The highest BCUT2D eigenvalue weighted by molar-refractivity contribution is 6.06. The summed E-state index contributed by atoms with van der Waals surface area (Å²) in [5, 5.41) is 0.812. The Morgan fingerprint density at radius 1 is 0.788 bits per heavy atom. The van der Waals surface area contributed by atoms with Gasteiger partial charge in [0.1, 0.15) is 11.6 Å². The van der Waals surface area contributed by atoms with Gasteiger partial charge in [-0.25, -0.2) is 8.78 Å². The van der Waals surface area contributed by atoms with Crippen LogP contribution in [0.5, 0.6) is 0 Å². The number of rotatable bonds is 3. The molecule has 4 aromatic rings. The Morgan fingerprint density at radius 3 is 2.15 bits per heavy atom. The van der Waals surface area contributed by atoms with E-state index < -0.39 is 17.2 Å². The van der Waals surface area contributed by atoms with Crippen molar-refractivity contribution in [3.8, 4) is 5.69 Å². The van der Waals surface area contributed by atoms with Gasteiger partial charge in [0.2, 0.25) is 0 Å². The molecular formula is C26H21F2N3O2. The molecule has 1 fully saturated rings. The average Bonchev–Trinajstić information content (AvgIpc) is 2.85. The van der Waals surface area contributed by atoms with Gasteiger partial charge in [0, 0.05) is 54.9 Å². The van der Waals surface area contributed by atoms with Crippen LogP contribution in [0.1, 0.15) is 10.4 Å². The van der Waals surface area contributed by atoms with Crippen LogP contribution in [0.2, 0.25) is 0 Å². The number of benzene rings is 3. The molecule has 3 aromatic carbocycles. The number of para-hydroxylation sites is 1. The molecule has 0 saturated carbocycles. The summed E-state index contributed by atoms with van der Waals surface area (Å²) < 4.78 is 29.0. The standard InChI is InChI=1S/C26H21F2N3O2/c27-18-10-11-24(23(28)16-18)31-17-22(20-8-4-5-9-21(20)26(31)33)25(32)30-14-12-29(13-15-30)19-6-2-1-3-7-19/h1-11,16-17H,12-15H2. The number of hydrogen-bond donors (Lipinski definition) is 0. The Kier molecular flexibility index (Phi) is 5.38. The van der Waals surface area contributed by atoms with Crippen LogP contribution in [0.4, 0.5) is 14.5 Å². The van der Waals surface area contributed by atoms with Crippen LogP contribution in [0, 0.1) is 11.6 Å². The van der Waals surface area contributed by atoms with Crippen LogP contribution in [-0.2, 0) is 0 Å². The molecule has 0 radical (unpaired) electrons. The van der Waals surface area contributed by atoms with E-state index in [2.05, 4.69) is 4.90 Å². The molecule has 166 valence electrons. The summed E-state index contributed by atoms with van der Waals surface area (Å²) in [6.45, 7) is 2.40. The van der Waals surface area contributed by atoms with Crippen LogP contribution in [0.3, 0.4) is 0 Å². The molecule has 0 spiro atoms. The molecular weight excluding hydrogens is 424 g/mol. The second kappa shape index (κ2) is 8.50. The van der Waals surface area contributed by atoms with Crippen molar-refractivity contribution in [2.45, 2.75) is 0 Å². The zero-order valence-corrected chi connectivity index (χ0v) is 17.7. The van der Waals surface area contributed by atoms with Gasteiger partial charge in [-0.05, 0) is 30.3 Å². The lowest BCUT2D eigenvalue weighted by Crippen LogP contribution is -2.49. The molecule has 7 heteroatoms. The first-order valence-corrected chi connectivity index (χ1v) is 10.7. The maximum Gasteiger partial charge on any atom is 0.263 e. The minimum atomic E-state index is -0.873. The van der Waals surface area contributed by atoms with Crippen molar-refractivity contribution in [2.75, 3.05) is 31.1 Å². The van der Waals surface area contributed by atoms with Crippen molar-refractivity contribution in [1.82, 2.24) is 9.47 Å². The van der Waals surface area contributed by atoms with E-state index in [0.717, 1.165) is 22.4 Å². The Balaban J connectivity index is 1.52. The van der Waals surface area contributed by atoms with Gasteiger partial charge < -0.3 is 9.80 Å². The number of aromatic nitrogens is 1. The second-order valence-electron chi connectivity index (χ2n) is 7.97. The van der Waals surface area contributed by atoms with E-state index in [1.54, 1.807) is 29.2 Å². The van der Waals surface area contributed by atoms with E-state index in [-0.39, 0.29) is 11.6 Å². The van der Waals surface area contributed by atoms with Crippen LogP contribution in [0.15, 0.2) is 83.8 Å². The molecule has 1 saturated heterocycles. The van der Waals surface area contributed by atoms with Crippen molar-refractivity contribution in [2.24, 2.45) is 0 Å². The topological polar surface area (TPSA) is 45.6 Å². The third-order valence-corrected chi connectivity index (χ3v) is 6.01. The lowest BCUT2D eigenvalue weighted by atomic mass is 10.1. The van der Waals surface area contributed by atoms with Gasteiger partial charge in [0.05, 0.1) is 11.3 Å². The smallest absolute Gasteiger partial charge is 0.263 e. The number of carbonyl (C=O) groups is 1. The molecule has 33 heavy (non-hydrogen) atoms. The van der Waals surface area contributed by atoms with Crippen LogP contribution < -0.4 is 10.5 Å². The molecule has 2 heterocycles. The Bertz CT molecular complexity index is 1390. The van der Waals surface area contributed by atoms with Crippen molar-refractivity contribution >= 4 is 22.4 Å². The summed E-state index contributed by atoms with van der Waals surface area (Å²) in [5.74, 6) is -1.84.